The van der Waals surface area contributed by atoms with E-state index in [1.807, 2.05) is 72.8 Å². The molecule has 2 amide bonds. The Morgan fingerprint density at radius 2 is 1.43 bits per heavy atom. The molecule has 2 N–H and O–H groups in total. The lowest BCUT2D eigenvalue weighted by atomic mass is 9.85. The van der Waals surface area contributed by atoms with E-state index in [0.29, 0.717) is 17.1 Å². The van der Waals surface area contributed by atoms with E-state index >= 15 is 0 Å². The van der Waals surface area contributed by atoms with Crippen LogP contribution in [0.4, 0.5) is 4.79 Å². The number of carbonyl (C=O) groups is 3. The van der Waals surface area contributed by atoms with Crippen molar-refractivity contribution in [3.05, 3.63) is 72.8 Å². The van der Waals surface area contributed by atoms with E-state index in [0.717, 1.165) is 11.1 Å². The molecule has 9 heteroatoms. The molecule has 2 aromatic carbocycles. The van der Waals surface area contributed by atoms with Crippen LogP contribution in [0.5, 0.6) is 5.75 Å². The number of aromatic nitrogens is 1. The minimum atomic E-state index is -1.14. The Morgan fingerprint density at radius 3 is 1.88 bits per heavy atom. The second kappa shape index (κ2) is 12.2. The lowest BCUT2D eigenvalue weighted by molar-refractivity contribution is -0.150. The van der Waals surface area contributed by atoms with Crippen LogP contribution in [-0.4, -0.2) is 63.3 Å². The molecule has 2 heterocycles. The van der Waals surface area contributed by atoms with Crippen molar-refractivity contribution >= 4 is 18.0 Å². The maximum atomic E-state index is 13.8. The highest BCUT2D eigenvalue weighted by molar-refractivity contribution is 5.90. The van der Waals surface area contributed by atoms with Crippen molar-refractivity contribution in [1.29, 1.82) is 0 Å². The van der Waals surface area contributed by atoms with Crippen molar-refractivity contribution in [1.82, 2.24) is 15.2 Å². The molecule has 4 rings (SSSR count). The fraction of sp³-hybridized carbons (Fsp3) is 0.394. The Bertz CT molecular complexity index is 1360. The summed E-state index contributed by atoms with van der Waals surface area (Å²) >= 11 is 0. The van der Waals surface area contributed by atoms with E-state index in [1.54, 1.807) is 41.5 Å². The lowest BCUT2D eigenvalue weighted by Gasteiger charge is -2.35. The SMILES string of the molecule is CC(C)(C)OC(=O)N[C@H](C(=O)N1CC(Oc2cc(-c3ccccc3)nc(-c3ccccc3)c2)C[C@H]1C(=O)O)C(C)(C)C. The van der Waals surface area contributed by atoms with Gasteiger partial charge in [0.2, 0.25) is 5.91 Å². The second-order valence-electron chi connectivity index (χ2n) is 12.6. The van der Waals surface area contributed by atoms with Gasteiger partial charge < -0.3 is 24.8 Å². The molecule has 3 atom stereocenters. The number of aliphatic carboxylic acids is 1. The van der Waals surface area contributed by atoms with Crippen LogP contribution in [0.15, 0.2) is 72.8 Å². The van der Waals surface area contributed by atoms with Gasteiger partial charge in [-0.1, -0.05) is 81.4 Å². The number of hydrogen-bond donors (Lipinski definition) is 2. The molecule has 1 saturated heterocycles. The maximum absolute atomic E-state index is 13.8. The molecule has 1 fully saturated rings. The Balaban J connectivity index is 1.61. The van der Waals surface area contributed by atoms with Crippen LogP contribution in [0.25, 0.3) is 22.5 Å². The van der Waals surface area contributed by atoms with Gasteiger partial charge in [-0.15, -0.1) is 0 Å². The molecule has 0 saturated carbocycles. The van der Waals surface area contributed by atoms with E-state index in [9.17, 15) is 19.5 Å². The minimum Gasteiger partial charge on any atom is -0.488 e. The van der Waals surface area contributed by atoms with Crippen molar-refractivity contribution in [3.63, 3.8) is 0 Å². The number of nitrogens with one attached hydrogen (secondary N) is 1. The van der Waals surface area contributed by atoms with Crippen molar-refractivity contribution in [3.8, 4) is 28.3 Å². The number of likely N-dealkylation sites (tertiary alicyclic amines) is 1. The number of alkyl carbamates (subject to hydrolysis) is 1. The van der Waals surface area contributed by atoms with Gasteiger partial charge in [0.15, 0.2) is 0 Å². The highest BCUT2D eigenvalue weighted by Gasteiger charge is 2.46. The Hall–Kier alpha value is -4.40. The van der Waals surface area contributed by atoms with E-state index in [2.05, 4.69) is 5.32 Å². The number of rotatable bonds is 7. The van der Waals surface area contributed by atoms with Gasteiger partial charge in [-0.25, -0.2) is 14.6 Å². The predicted octanol–water partition coefficient (Wildman–Crippen LogP) is 5.79. The van der Waals surface area contributed by atoms with Crippen LogP contribution < -0.4 is 10.1 Å². The first-order chi connectivity index (χ1) is 19.7. The van der Waals surface area contributed by atoms with E-state index < -0.39 is 47.2 Å². The summed E-state index contributed by atoms with van der Waals surface area (Å²) in [5, 5.41) is 12.7. The number of carbonyl (C=O) groups excluding carboxylic acids is 2. The molecular weight excluding hydrogens is 534 g/mol. The summed E-state index contributed by atoms with van der Waals surface area (Å²) in [5.74, 6) is -1.12. The fourth-order valence-corrected chi connectivity index (χ4v) is 4.88. The van der Waals surface area contributed by atoms with Crippen molar-refractivity contribution in [2.45, 2.75) is 71.8 Å². The first-order valence-electron chi connectivity index (χ1n) is 14.0. The zero-order chi connectivity index (χ0) is 30.7. The molecule has 3 aromatic rings. The third-order valence-corrected chi connectivity index (χ3v) is 6.85. The molecule has 1 aliphatic rings. The Morgan fingerprint density at radius 1 is 0.905 bits per heavy atom. The zero-order valence-corrected chi connectivity index (χ0v) is 25.0. The number of carboxylic acid groups (broad SMARTS) is 1. The molecule has 1 unspecified atom stereocenters. The molecular formula is C33H39N3O6. The summed E-state index contributed by atoms with van der Waals surface area (Å²) < 4.78 is 11.7. The van der Waals surface area contributed by atoms with Crippen molar-refractivity contribution in [2.75, 3.05) is 6.54 Å². The van der Waals surface area contributed by atoms with Crippen LogP contribution >= 0.6 is 0 Å². The van der Waals surface area contributed by atoms with Gasteiger partial charge in [0.1, 0.15) is 29.5 Å². The van der Waals surface area contributed by atoms with Crippen LogP contribution in [0.1, 0.15) is 48.0 Å². The van der Waals surface area contributed by atoms with E-state index in [4.69, 9.17) is 14.5 Å². The van der Waals surface area contributed by atoms with E-state index in [1.165, 1.54) is 4.90 Å². The largest absolute Gasteiger partial charge is 0.488 e. The molecule has 222 valence electrons. The maximum Gasteiger partial charge on any atom is 0.408 e. The summed E-state index contributed by atoms with van der Waals surface area (Å²) in [6, 6.07) is 21.0. The van der Waals surface area contributed by atoms with E-state index in [-0.39, 0.29) is 13.0 Å². The zero-order valence-electron chi connectivity index (χ0n) is 25.0. The highest BCUT2D eigenvalue weighted by atomic mass is 16.6. The number of hydrogen-bond acceptors (Lipinski definition) is 6. The quantitative estimate of drug-likeness (QED) is 0.367. The Labute approximate surface area is 246 Å². The number of ether oxygens (including phenoxy) is 2. The average molecular weight is 574 g/mol. The van der Waals surface area contributed by atoms with Gasteiger partial charge in [-0.3, -0.25) is 4.79 Å². The normalized spacial score (nSPS) is 17.8. The van der Waals surface area contributed by atoms with Gasteiger partial charge in [0.05, 0.1) is 17.9 Å². The number of nitrogens with zero attached hydrogens (tertiary/aromatic N) is 2. The Kier molecular flexibility index (Phi) is 8.89. The topological polar surface area (TPSA) is 118 Å². The second-order valence-corrected chi connectivity index (χ2v) is 12.6. The fourth-order valence-electron chi connectivity index (χ4n) is 4.88. The van der Waals surface area contributed by atoms with Gasteiger partial charge in [0.25, 0.3) is 0 Å². The van der Waals surface area contributed by atoms with Gasteiger partial charge in [-0.05, 0) is 26.2 Å². The van der Waals surface area contributed by atoms with Crippen LogP contribution in [0, 0.1) is 5.41 Å². The van der Waals surface area contributed by atoms with Crippen molar-refractivity contribution in [2.24, 2.45) is 5.41 Å². The predicted molar refractivity (Wildman–Crippen MR) is 160 cm³/mol. The molecule has 1 aliphatic heterocycles. The first kappa shape index (κ1) is 30.6. The number of carboxylic acids is 1. The average Bonchev–Trinajstić information content (AvgIpc) is 3.35. The summed E-state index contributed by atoms with van der Waals surface area (Å²) in [6.07, 6.45) is -1.24. The number of benzene rings is 2. The van der Waals surface area contributed by atoms with Gasteiger partial charge >= 0.3 is 12.1 Å². The lowest BCUT2D eigenvalue weighted by Crippen LogP contribution is -2.57. The third kappa shape index (κ3) is 7.66. The molecule has 42 heavy (non-hydrogen) atoms. The summed E-state index contributed by atoms with van der Waals surface area (Å²) in [5.41, 5.74) is 1.77. The smallest absolute Gasteiger partial charge is 0.408 e. The van der Waals surface area contributed by atoms with Crippen molar-refractivity contribution < 1.29 is 29.0 Å². The van der Waals surface area contributed by atoms with Crippen LogP contribution in [0.3, 0.4) is 0 Å². The highest BCUT2D eigenvalue weighted by Crippen LogP contribution is 2.32. The molecule has 0 bridgehead atoms. The molecule has 0 aliphatic carbocycles. The molecule has 0 spiro atoms. The van der Waals surface area contributed by atoms with Crippen LogP contribution in [0.2, 0.25) is 0 Å². The summed E-state index contributed by atoms with van der Waals surface area (Å²) in [6.45, 7) is 10.7. The monoisotopic (exact) mass is 573 g/mol. The third-order valence-electron chi connectivity index (χ3n) is 6.85. The minimum absolute atomic E-state index is 0.0437. The van der Waals surface area contributed by atoms with Crippen LogP contribution in [-0.2, 0) is 14.3 Å². The van der Waals surface area contributed by atoms with Gasteiger partial charge in [-0.2, -0.15) is 0 Å². The standard InChI is InChI=1S/C33H39N3O6/c1-32(2,3)28(35-31(40)42-33(4,5)6)29(37)36-20-24(19-27(36)30(38)39)41-23-17-25(21-13-9-7-10-14-21)34-26(18-23)22-15-11-8-12-16-22/h7-18,24,27-28H,19-20H2,1-6H3,(H,35,40)(H,38,39)/t24?,27-,28+/m0/s1. The first-order valence-corrected chi connectivity index (χ1v) is 14.0. The van der Waals surface area contributed by atoms with Gasteiger partial charge in [0, 0.05) is 29.7 Å². The molecule has 0 radical (unpaired) electrons. The number of pyridine rings is 1. The molecule has 9 nitrogen and oxygen atoms in total. The number of amides is 2. The molecule has 1 aromatic heterocycles. The summed E-state index contributed by atoms with van der Waals surface area (Å²) in [7, 11) is 0. The summed E-state index contributed by atoms with van der Waals surface area (Å²) in [4.78, 5) is 44.9.